The summed E-state index contributed by atoms with van der Waals surface area (Å²) in [6.45, 7) is 6.08. The molecule has 34 heavy (non-hydrogen) atoms. The van der Waals surface area contributed by atoms with Gasteiger partial charge >= 0.3 is 6.09 Å². The maximum absolute atomic E-state index is 12.6. The van der Waals surface area contributed by atoms with Gasteiger partial charge in [0.15, 0.2) is 5.82 Å². The van der Waals surface area contributed by atoms with Gasteiger partial charge in [-0.3, -0.25) is 14.6 Å². The number of amides is 2. The van der Waals surface area contributed by atoms with Crippen molar-refractivity contribution in [2.24, 2.45) is 5.92 Å². The van der Waals surface area contributed by atoms with Crippen LogP contribution in [0, 0.1) is 5.92 Å². The van der Waals surface area contributed by atoms with Crippen LogP contribution in [0.15, 0.2) is 18.5 Å². The Labute approximate surface area is 201 Å². The quantitative estimate of drug-likeness (QED) is 0.517. The van der Waals surface area contributed by atoms with Gasteiger partial charge in [-0.2, -0.15) is 10.2 Å². The van der Waals surface area contributed by atoms with Gasteiger partial charge in [-0.05, 0) is 70.3 Å². The van der Waals surface area contributed by atoms with Crippen molar-refractivity contribution >= 4 is 17.8 Å². The van der Waals surface area contributed by atoms with Crippen molar-refractivity contribution in [1.29, 1.82) is 0 Å². The van der Waals surface area contributed by atoms with E-state index in [-0.39, 0.29) is 36.5 Å². The molecule has 2 fully saturated rings. The van der Waals surface area contributed by atoms with Crippen molar-refractivity contribution in [2.45, 2.75) is 103 Å². The second kappa shape index (κ2) is 11.1. The first kappa shape index (κ1) is 24.3. The predicted molar refractivity (Wildman–Crippen MR) is 130 cm³/mol. The number of carbonyl (C=O) groups excluding carboxylic acids is 2. The van der Waals surface area contributed by atoms with Gasteiger partial charge in [-0.15, -0.1) is 0 Å². The minimum Gasteiger partial charge on any atom is -0.446 e. The zero-order valence-electron chi connectivity index (χ0n) is 20.5. The fourth-order valence-electron chi connectivity index (χ4n) is 5.22. The number of aromatic amines is 1. The molecule has 4 rings (SSSR count). The molecule has 9 heteroatoms. The number of ether oxygens (including phenoxy) is 1. The molecule has 2 aliphatic rings. The minimum atomic E-state index is -0.366. The van der Waals surface area contributed by atoms with Gasteiger partial charge in [-0.1, -0.05) is 13.3 Å². The smallest absolute Gasteiger partial charge is 0.407 e. The number of rotatable bonds is 8. The number of alkyl carbamates (subject to hydrolysis) is 1. The zero-order chi connectivity index (χ0) is 24.1. The van der Waals surface area contributed by atoms with Gasteiger partial charge < -0.3 is 15.4 Å². The molecule has 2 amide bonds. The molecule has 9 nitrogen and oxygen atoms in total. The van der Waals surface area contributed by atoms with Crippen molar-refractivity contribution in [1.82, 2.24) is 25.3 Å². The Hall–Kier alpha value is -2.84. The Balaban J connectivity index is 1.23. The lowest BCUT2D eigenvalue weighted by atomic mass is 9.85. The van der Waals surface area contributed by atoms with E-state index in [1.54, 1.807) is 6.20 Å². The van der Waals surface area contributed by atoms with E-state index in [4.69, 9.17) is 4.74 Å². The first-order valence-corrected chi connectivity index (χ1v) is 12.7. The van der Waals surface area contributed by atoms with Crippen molar-refractivity contribution in [3.63, 3.8) is 0 Å². The van der Waals surface area contributed by atoms with Crippen molar-refractivity contribution in [3.05, 3.63) is 29.7 Å². The summed E-state index contributed by atoms with van der Waals surface area (Å²) in [4.78, 5) is 24.4. The van der Waals surface area contributed by atoms with Crippen LogP contribution in [-0.2, 0) is 16.0 Å². The molecule has 0 spiro atoms. The standard InChI is InChI=1S/C25H38N6O3/c1-4-17-5-8-20(9-6-17)31-15-18(14-26-31)11-24(32)28-23-13-22(29-30-23)19-7-10-21(12-19)34-25(33)27-16(2)3/h13-17,19-21H,4-12H2,1-3H3,(H,27,33)(H2,28,29,30,32)/t17?,19-,20?,21+/m0/s1. The van der Waals surface area contributed by atoms with Crippen LogP contribution < -0.4 is 10.6 Å². The molecule has 0 saturated heterocycles. The molecule has 2 aromatic rings. The monoisotopic (exact) mass is 470 g/mol. The molecule has 2 saturated carbocycles. The molecule has 2 atom stereocenters. The number of nitrogens with zero attached hydrogens (tertiary/aromatic N) is 3. The fourth-order valence-corrected chi connectivity index (χ4v) is 5.22. The Bertz CT molecular complexity index is 960. The molecular weight excluding hydrogens is 432 g/mol. The van der Waals surface area contributed by atoms with Gasteiger partial charge in [0.1, 0.15) is 6.10 Å². The summed E-state index contributed by atoms with van der Waals surface area (Å²) in [5, 5.41) is 17.5. The predicted octanol–water partition coefficient (Wildman–Crippen LogP) is 4.70. The molecule has 2 aliphatic carbocycles. The second-order valence-corrected chi connectivity index (χ2v) is 10.2. The third-order valence-corrected chi connectivity index (χ3v) is 7.16. The lowest BCUT2D eigenvalue weighted by Crippen LogP contribution is -2.33. The number of aromatic nitrogens is 4. The molecule has 0 radical (unpaired) electrons. The van der Waals surface area contributed by atoms with E-state index in [1.165, 1.54) is 19.3 Å². The normalized spacial score (nSPS) is 24.8. The van der Waals surface area contributed by atoms with E-state index in [0.717, 1.165) is 49.3 Å². The lowest BCUT2D eigenvalue weighted by Gasteiger charge is -2.27. The molecule has 3 N–H and O–H groups in total. The van der Waals surface area contributed by atoms with Crippen LogP contribution in [0.3, 0.4) is 0 Å². The maximum atomic E-state index is 12.6. The van der Waals surface area contributed by atoms with Gasteiger partial charge in [0.25, 0.3) is 0 Å². The highest BCUT2D eigenvalue weighted by molar-refractivity contribution is 5.91. The largest absolute Gasteiger partial charge is 0.446 e. The lowest BCUT2D eigenvalue weighted by molar-refractivity contribution is -0.115. The summed E-state index contributed by atoms with van der Waals surface area (Å²) in [6, 6.07) is 2.39. The Morgan fingerprint density at radius 3 is 2.74 bits per heavy atom. The first-order chi connectivity index (χ1) is 16.4. The van der Waals surface area contributed by atoms with Crippen molar-refractivity contribution in [3.8, 4) is 0 Å². The topological polar surface area (TPSA) is 114 Å². The minimum absolute atomic E-state index is 0.0543. The molecule has 0 aliphatic heterocycles. The first-order valence-electron chi connectivity index (χ1n) is 12.7. The second-order valence-electron chi connectivity index (χ2n) is 10.2. The Morgan fingerprint density at radius 1 is 1.21 bits per heavy atom. The highest BCUT2D eigenvalue weighted by Gasteiger charge is 2.30. The zero-order valence-corrected chi connectivity index (χ0v) is 20.5. The molecule has 0 unspecified atom stereocenters. The molecule has 0 aromatic carbocycles. The molecule has 0 bridgehead atoms. The number of hydrogen-bond donors (Lipinski definition) is 3. The van der Waals surface area contributed by atoms with E-state index >= 15 is 0 Å². The maximum Gasteiger partial charge on any atom is 0.407 e. The van der Waals surface area contributed by atoms with E-state index in [0.29, 0.717) is 11.9 Å². The van der Waals surface area contributed by atoms with E-state index in [9.17, 15) is 9.59 Å². The van der Waals surface area contributed by atoms with Crippen LogP contribution in [0.25, 0.3) is 0 Å². The summed E-state index contributed by atoms with van der Waals surface area (Å²) in [7, 11) is 0. The van der Waals surface area contributed by atoms with Gasteiger partial charge in [0.2, 0.25) is 5.91 Å². The number of nitrogens with one attached hydrogen (secondary N) is 3. The number of hydrogen-bond acceptors (Lipinski definition) is 5. The van der Waals surface area contributed by atoms with Crippen LogP contribution in [0.2, 0.25) is 0 Å². The summed E-state index contributed by atoms with van der Waals surface area (Å²) in [5.41, 5.74) is 1.88. The highest BCUT2D eigenvalue weighted by atomic mass is 16.6. The third-order valence-electron chi connectivity index (χ3n) is 7.16. The van der Waals surface area contributed by atoms with Crippen LogP contribution in [0.5, 0.6) is 0 Å². The SMILES string of the molecule is CCC1CCC(n2cc(CC(=O)Nc3cc([C@H]4CC[C@@H](OC(=O)NC(C)C)C4)[nH]n3)cn2)CC1. The fraction of sp³-hybridized carbons (Fsp3) is 0.680. The van der Waals surface area contributed by atoms with Crippen LogP contribution in [0.1, 0.15) is 95.4 Å². The molecule has 2 aromatic heterocycles. The summed E-state index contributed by atoms with van der Waals surface area (Å²) >= 11 is 0. The van der Waals surface area contributed by atoms with E-state index < -0.39 is 0 Å². The summed E-state index contributed by atoms with van der Waals surface area (Å²) in [5.74, 6) is 1.50. The van der Waals surface area contributed by atoms with Crippen molar-refractivity contribution < 1.29 is 14.3 Å². The van der Waals surface area contributed by atoms with Crippen LogP contribution in [0.4, 0.5) is 10.6 Å². The van der Waals surface area contributed by atoms with E-state index in [2.05, 4.69) is 32.9 Å². The average molecular weight is 471 g/mol. The molecule has 2 heterocycles. The van der Waals surface area contributed by atoms with Crippen molar-refractivity contribution in [2.75, 3.05) is 5.32 Å². The van der Waals surface area contributed by atoms with Gasteiger partial charge in [0, 0.05) is 29.9 Å². The average Bonchev–Trinajstić information content (AvgIpc) is 3.55. The number of carbonyl (C=O) groups is 2. The Morgan fingerprint density at radius 2 is 2.00 bits per heavy atom. The van der Waals surface area contributed by atoms with Gasteiger partial charge in [0.05, 0.1) is 18.7 Å². The molecular formula is C25H38N6O3. The number of H-pyrrole nitrogens is 1. The summed E-state index contributed by atoms with van der Waals surface area (Å²) in [6.07, 6.45) is 12.2. The highest BCUT2D eigenvalue weighted by Crippen LogP contribution is 2.36. The Kier molecular flexibility index (Phi) is 7.90. The van der Waals surface area contributed by atoms with Crippen LogP contribution in [-0.4, -0.2) is 44.1 Å². The van der Waals surface area contributed by atoms with Crippen LogP contribution >= 0.6 is 0 Å². The van der Waals surface area contributed by atoms with E-state index in [1.807, 2.05) is 30.8 Å². The molecule has 186 valence electrons. The van der Waals surface area contributed by atoms with Gasteiger partial charge in [-0.25, -0.2) is 4.79 Å². The summed E-state index contributed by atoms with van der Waals surface area (Å²) < 4.78 is 7.55. The third kappa shape index (κ3) is 6.39. The number of anilines is 1.